The molecule has 10 aliphatic rings. The Kier molecular flexibility index (Phi) is 27.7. The van der Waals surface area contributed by atoms with E-state index in [1.165, 1.54) is 41.3 Å². The van der Waals surface area contributed by atoms with Gasteiger partial charge >= 0.3 is 18.0 Å². The van der Waals surface area contributed by atoms with Crippen molar-refractivity contribution in [3.63, 3.8) is 0 Å². The lowest BCUT2D eigenvalue weighted by atomic mass is 9.90. The maximum atomic E-state index is 13.8. The van der Waals surface area contributed by atoms with Crippen molar-refractivity contribution in [1.82, 2.24) is 64.2 Å². The summed E-state index contributed by atoms with van der Waals surface area (Å²) in [7, 11) is 7.87. The molecule has 0 bridgehead atoms. The summed E-state index contributed by atoms with van der Waals surface area (Å²) in [6.45, 7) is 17.6. The molecule has 30 nitrogen and oxygen atoms in total. The molecule has 7 saturated heterocycles. The van der Waals surface area contributed by atoms with E-state index in [0.717, 1.165) is 141 Å². The number of aliphatic hydroxyl groups is 1. The molecule has 2 unspecified atom stereocenters. The van der Waals surface area contributed by atoms with Crippen LogP contribution in [0.3, 0.4) is 0 Å². The van der Waals surface area contributed by atoms with Crippen LogP contribution in [-0.2, 0) is 58.0 Å². The second-order valence-electron chi connectivity index (χ2n) is 38.1. The van der Waals surface area contributed by atoms with E-state index in [-0.39, 0.29) is 97.4 Å². The Morgan fingerprint density at radius 2 is 0.993 bits per heavy atom. The van der Waals surface area contributed by atoms with Crippen molar-refractivity contribution in [1.29, 1.82) is 15.8 Å². The Labute approximate surface area is 803 Å². The molecular formula is C103H117Cl2FN22O8. The zero-order valence-corrected chi connectivity index (χ0v) is 79.5. The van der Waals surface area contributed by atoms with Gasteiger partial charge in [0.15, 0.2) is 5.76 Å². The normalized spacial score (nSPS) is 22.5. The zero-order valence-electron chi connectivity index (χ0n) is 78.0. The molecular weight excluding hydrogens is 1760 g/mol. The number of aryl methyl sites for hydroxylation is 1. The summed E-state index contributed by atoms with van der Waals surface area (Å²) in [6, 6.07) is 40.9. The van der Waals surface area contributed by atoms with Gasteiger partial charge < -0.3 is 73.1 Å². The molecule has 8 atom stereocenters. The number of likely N-dealkylation sites (N-methyl/N-ethyl adjacent to an activating group) is 3. The fourth-order valence-corrected chi connectivity index (χ4v) is 23.0. The number of aliphatic hydroxyl groups excluding tert-OH is 1. The van der Waals surface area contributed by atoms with Crippen molar-refractivity contribution in [2.24, 2.45) is 0 Å². The summed E-state index contributed by atoms with van der Waals surface area (Å²) in [4.78, 5) is 101. The molecule has 708 valence electrons. The number of anilines is 6. The summed E-state index contributed by atoms with van der Waals surface area (Å²) in [5.74, 6) is 1.73. The van der Waals surface area contributed by atoms with E-state index in [1.54, 1.807) is 26.9 Å². The molecule has 0 saturated carbocycles. The molecule has 3 aromatic heterocycles. The van der Waals surface area contributed by atoms with Gasteiger partial charge in [-0.15, -0.1) is 0 Å². The van der Waals surface area contributed by atoms with E-state index in [2.05, 4.69) is 170 Å². The molecule has 136 heavy (non-hydrogen) atoms. The number of hydrogen-bond donors (Lipinski definition) is 1. The minimum Gasteiger partial charge on any atom is -0.492 e. The number of fused-ring (bicyclic) bond motifs is 6. The third-order valence-corrected chi connectivity index (χ3v) is 30.5. The van der Waals surface area contributed by atoms with E-state index in [1.807, 2.05) is 29.2 Å². The van der Waals surface area contributed by atoms with Crippen LogP contribution in [0.1, 0.15) is 107 Å². The number of halogens is 3. The van der Waals surface area contributed by atoms with Gasteiger partial charge in [-0.1, -0.05) is 109 Å². The van der Waals surface area contributed by atoms with Crippen molar-refractivity contribution in [2.45, 2.75) is 145 Å². The van der Waals surface area contributed by atoms with Crippen LogP contribution in [0.25, 0.3) is 32.3 Å². The third-order valence-electron chi connectivity index (χ3n) is 29.8. The van der Waals surface area contributed by atoms with Crippen molar-refractivity contribution in [3.8, 4) is 36.2 Å². The van der Waals surface area contributed by atoms with Crippen LogP contribution < -0.4 is 43.6 Å². The predicted molar refractivity (Wildman–Crippen MR) is 523 cm³/mol. The van der Waals surface area contributed by atoms with Gasteiger partial charge in [0.1, 0.15) is 43.4 Å². The van der Waals surface area contributed by atoms with Crippen molar-refractivity contribution >= 4 is 108 Å². The summed E-state index contributed by atoms with van der Waals surface area (Å²) in [6.07, 6.45) is 11.3. The molecule has 13 heterocycles. The van der Waals surface area contributed by atoms with Crippen LogP contribution in [-0.4, -0.2) is 302 Å². The van der Waals surface area contributed by atoms with Gasteiger partial charge in [0.2, 0.25) is 11.8 Å². The molecule has 19 rings (SSSR count). The average molecular weight is 1880 g/mol. The topological polar surface area (TPSA) is 299 Å². The number of rotatable bonds is 27. The summed E-state index contributed by atoms with van der Waals surface area (Å²) >= 11 is 14.5. The largest absolute Gasteiger partial charge is 0.492 e. The molecule has 6 aromatic carbocycles. The summed E-state index contributed by atoms with van der Waals surface area (Å²) < 4.78 is 39.5. The molecule has 7 fully saturated rings. The summed E-state index contributed by atoms with van der Waals surface area (Å²) in [5, 5.41) is 47.8. The number of alkyl halides is 1. The zero-order chi connectivity index (χ0) is 94.1. The highest BCUT2D eigenvalue weighted by atomic mass is 35.5. The maximum Gasteiger partial charge on any atom is 0.318 e. The first kappa shape index (κ1) is 92.8. The lowest BCUT2D eigenvalue weighted by Gasteiger charge is -2.42. The van der Waals surface area contributed by atoms with E-state index in [9.17, 15) is 39.7 Å². The maximum absolute atomic E-state index is 13.8. The number of aromatic nitrogens is 6. The van der Waals surface area contributed by atoms with Gasteiger partial charge in [0, 0.05) is 191 Å². The molecule has 0 radical (unpaired) electrons. The van der Waals surface area contributed by atoms with Gasteiger partial charge in [-0.25, -0.2) is 4.39 Å². The minimum absolute atomic E-state index is 0.0104. The molecule has 3 amide bonds. The van der Waals surface area contributed by atoms with Gasteiger partial charge in [-0.3, -0.25) is 29.1 Å². The highest BCUT2D eigenvalue weighted by Gasteiger charge is 2.43. The Balaban J connectivity index is 0.573. The number of ether oxygens (including phenoxy) is 4. The SMILES string of the molecule is C=C(OC)C(=O)N1CCN(c2nc(OC[C@@H]3CC(c4cc(N5CCc6c(nc(OC[C@@H]7CCCN7C)nc6N6CCN(C(=O)/C=C/CN7CC(F)C7)[C@@H](CC#N)C6)C5)c5c(C)cccc5c4)CN3C)nc3c2CCN(c2ccc(C4C[C@@H](COc5nc6c(c(N7CCN(C(=O)/C=C/CO)[C@@H](CC#N)C7)n5)CCN(c5cccc7cccc(Cl)c57)C6)N(C)C4)c4cccc(Cl)c24)C3)C[C@@H]1CC#N. The number of likely N-dealkylation sites (tertiary alicyclic amines) is 4. The van der Waals surface area contributed by atoms with Gasteiger partial charge in [-0.05, 0) is 155 Å². The fourth-order valence-electron chi connectivity index (χ4n) is 22.5. The third kappa shape index (κ3) is 19.1. The summed E-state index contributed by atoms with van der Waals surface area (Å²) in [5.41, 5.74) is 12.3. The number of amides is 3. The van der Waals surface area contributed by atoms with E-state index < -0.39 is 18.3 Å². The number of benzene rings is 6. The number of hydrogen-bond acceptors (Lipinski definition) is 27. The van der Waals surface area contributed by atoms with Crippen LogP contribution >= 0.6 is 23.2 Å². The first-order valence-corrected chi connectivity index (χ1v) is 48.6. The monoisotopic (exact) mass is 1880 g/mol. The number of carbonyl (C=O) groups is 3. The second kappa shape index (κ2) is 40.6. The number of piperazine rings is 3. The smallest absolute Gasteiger partial charge is 0.318 e. The number of methoxy groups -OCH3 is 1. The first-order valence-electron chi connectivity index (χ1n) is 47.8. The van der Waals surface area contributed by atoms with Crippen LogP contribution in [0.5, 0.6) is 18.0 Å². The van der Waals surface area contributed by atoms with E-state index in [0.29, 0.717) is 173 Å². The minimum atomic E-state index is -0.827. The Hall–Kier alpha value is -12.3. The average Bonchev–Trinajstić information content (AvgIpc) is 1.26. The standard InChI is InChI=1S/C103H117Cl2FN22O8/c1-65-14-7-17-68-48-69(51-91(94(65)68)122-40-32-83-88(61-122)112-101(134-62-76-18-11-36-116(76)3)113-98(83)123-41-44-126(73(56-123)27-33-107)92(130)23-12-37-119-54-72(106)55-119)70-49-77(117(4)52-70)63-135-102-111-87-60-121(39-31-82(87)99(115-102)125-43-46-128(75(58-125)29-35-109)100(132)66(2)133-6)90-26-25-79(80-19-10-21-85(105)96(80)90)71-50-78(118(5)53-71)64-136-103-110-86-59-120(89-22-9-16-67-15-8-20-84(104)95(67)89)38-30-81(86)97(114-103)124-42-45-127(74(57-124)28-34-108)93(131)24-13-47-129/h7-10,12-17,19-26,48,51,70-78,129H,2,11,18,27-32,36-47,49-50,52-64H2,1,3-6H3/b23-12+,24-13+/t70?,71?,73-,74-,75-,76-,77-,78-/m0/s1. The molecule has 33 heteroatoms. The van der Waals surface area contributed by atoms with Crippen molar-refractivity contribution in [2.75, 3.05) is 202 Å². The van der Waals surface area contributed by atoms with Crippen molar-refractivity contribution < 1.29 is 42.8 Å². The Morgan fingerprint density at radius 3 is 1.53 bits per heavy atom. The molecule has 0 aliphatic carbocycles. The Morgan fingerprint density at radius 1 is 0.507 bits per heavy atom. The van der Waals surface area contributed by atoms with Crippen LogP contribution in [0.4, 0.5) is 38.9 Å². The number of nitrogens with zero attached hydrogens (tertiary/aromatic N) is 22. The van der Waals surface area contributed by atoms with Crippen LogP contribution in [0, 0.1) is 40.9 Å². The highest BCUT2D eigenvalue weighted by Crippen LogP contribution is 2.47. The lowest BCUT2D eigenvalue weighted by Crippen LogP contribution is -2.56. The lowest BCUT2D eigenvalue weighted by molar-refractivity contribution is -0.133. The number of nitriles is 3. The number of carbonyl (C=O) groups excluding carboxylic acids is 3. The van der Waals surface area contributed by atoms with Crippen LogP contribution in [0.2, 0.25) is 10.0 Å². The van der Waals surface area contributed by atoms with Gasteiger partial charge in [-0.2, -0.15) is 45.7 Å². The van der Waals surface area contributed by atoms with Crippen molar-refractivity contribution in [3.05, 3.63) is 194 Å². The van der Waals surface area contributed by atoms with E-state index in [4.69, 9.17) is 72.1 Å². The molecule has 9 aromatic rings. The fraction of sp³-hybridized carbons (Fsp3) is 0.476. The first-order chi connectivity index (χ1) is 66.2. The van der Waals surface area contributed by atoms with E-state index >= 15 is 0 Å². The Bertz CT molecular complexity index is 6260. The van der Waals surface area contributed by atoms with Gasteiger partial charge in [0.25, 0.3) is 5.91 Å². The molecule has 1 N–H and O–H groups in total. The van der Waals surface area contributed by atoms with Gasteiger partial charge in [0.05, 0.1) is 116 Å². The quantitative estimate of drug-likeness (QED) is 0.0369. The predicted octanol–water partition coefficient (Wildman–Crippen LogP) is 11.7. The molecule has 0 spiro atoms. The van der Waals surface area contributed by atoms with Crippen LogP contribution in [0.15, 0.2) is 134 Å². The molecule has 10 aliphatic heterocycles. The second-order valence-corrected chi connectivity index (χ2v) is 38.9. The highest BCUT2D eigenvalue weighted by molar-refractivity contribution is 6.37.